The highest BCUT2D eigenvalue weighted by Gasteiger charge is 2.35. The quantitative estimate of drug-likeness (QED) is 0.192. The van der Waals surface area contributed by atoms with Crippen LogP contribution in [-0.2, 0) is 23.2 Å². The van der Waals surface area contributed by atoms with Gasteiger partial charge >= 0.3 is 0 Å². The number of hydrogen-bond donors (Lipinski definition) is 3. The molecule has 0 spiro atoms. The van der Waals surface area contributed by atoms with E-state index in [1.165, 1.54) is 12.3 Å². The first-order valence-electron chi connectivity index (χ1n) is 10.1. The van der Waals surface area contributed by atoms with Gasteiger partial charge in [0.15, 0.2) is 0 Å². The molecular weight excluding hydrogens is 412 g/mol. The Hall–Kier alpha value is -2.88. The Balaban J connectivity index is 1.66. The van der Waals surface area contributed by atoms with Crippen LogP contribution in [0.3, 0.4) is 0 Å². The van der Waals surface area contributed by atoms with Crippen LogP contribution < -0.4 is 10.6 Å². The molecule has 3 N–H and O–H groups in total. The Bertz CT molecular complexity index is 1130. The summed E-state index contributed by atoms with van der Waals surface area (Å²) in [5.74, 6) is 0.0476. The van der Waals surface area contributed by atoms with Crippen molar-refractivity contribution in [2.75, 3.05) is 20.1 Å². The van der Waals surface area contributed by atoms with Crippen molar-refractivity contribution in [2.24, 2.45) is 0 Å². The number of likely N-dealkylation sites (N-methyl/N-ethyl adjacent to an activating group) is 1. The van der Waals surface area contributed by atoms with Crippen molar-refractivity contribution in [1.29, 1.82) is 0 Å². The summed E-state index contributed by atoms with van der Waals surface area (Å²) < 4.78 is 0.981. The van der Waals surface area contributed by atoms with E-state index in [0.717, 1.165) is 27.8 Å². The zero-order valence-corrected chi connectivity index (χ0v) is 18.3. The van der Waals surface area contributed by atoms with Gasteiger partial charge in [-0.1, -0.05) is 6.07 Å². The van der Waals surface area contributed by atoms with E-state index in [1.54, 1.807) is 0 Å². The van der Waals surface area contributed by atoms with Crippen molar-refractivity contribution in [3.05, 3.63) is 47.5 Å². The Labute approximate surface area is 198 Å². The van der Waals surface area contributed by atoms with Gasteiger partial charge in [0.1, 0.15) is 11.5 Å². The minimum absolute atomic E-state index is 0.0382. The van der Waals surface area contributed by atoms with E-state index < -0.39 is 16.4 Å². The number of nitrogens with zero attached hydrogens (tertiary/aromatic N) is 4. The number of nitrogens with one attached hydrogen (secondary N) is 3. The summed E-state index contributed by atoms with van der Waals surface area (Å²) in [6, 6.07) is 7.29. The second-order valence-corrected chi connectivity index (χ2v) is 7.91. The molecule has 10 radical (unpaired) electrons. The molecule has 2 heterocycles. The molecule has 0 saturated carbocycles. The largest absolute Gasteiger partial charge is 0.357 e. The van der Waals surface area contributed by atoms with Crippen molar-refractivity contribution >= 4 is 62.6 Å². The maximum Gasteiger partial charge on any atom is 0.269 e. The molecule has 158 valence electrons. The lowest BCUT2D eigenvalue weighted by Gasteiger charge is -2.42. The first-order valence-corrected chi connectivity index (χ1v) is 10.1. The van der Waals surface area contributed by atoms with Crippen LogP contribution in [-0.4, -0.2) is 96.3 Å². The van der Waals surface area contributed by atoms with Crippen LogP contribution in [0.25, 0.3) is 11.0 Å². The maximum absolute atomic E-state index is 12.7. The smallest absolute Gasteiger partial charge is 0.269 e. The Morgan fingerprint density at radius 3 is 2.70 bits per heavy atom. The number of rotatable bonds is 11. The van der Waals surface area contributed by atoms with Crippen LogP contribution in [0.5, 0.6) is 0 Å². The number of imidazole rings is 1. The Kier molecular flexibility index (Phi) is 7.46. The second-order valence-electron chi connectivity index (χ2n) is 7.91. The molecule has 0 bridgehead atoms. The molecule has 14 heteroatoms. The minimum atomic E-state index is -2.02. The van der Waals surface area contributed by atoms with Crippen molar-refractivity contribution in [3.63, 3.8) is 0 Å². The maximum atomic E-state index is 12.7. The van der Waals surface area contributed by atoms with Gasteiger partial charge < -0.3 is 20.5 Å². The van der Waals surface area contributed by atoms with Crippen molar-refractivity contribution in [1.82, 2.24) is 35.3 Å². The number of benzene rings is 1. The van der Waals surface area contributed by atoms with E-state index in [2.05, 4.69) is 30.6 Å². The molecule has 1 aromatic carbocycles. The van der Waals surface area contributed by atoms with E-state index >= 15 is 0 Å². The molecular formula is C19H20B5N7O2. The molecule has 0 aliphatic carbocycles. The lowest BCUT2D eigenvalue weighted by atomic mass is 9.26. The summed E-state index contributed by atoms with van der Waals surface area (Å²) in [6.45, 7) is 2.12. The van der Waals surface area contributed by atoms with Gasteiger partial charge in [-0.25, -0.2) is 4.98 Å². The second kappa shape index (κ2) is 9.95. The minimum Gasteiger partial charge on any atom is -0.357 e. The highest BCUT2D eigenvalue weighted by Crippen LogP contribution is 2.30. The number of aromatic amines is 1. The van der Waals surface area contributed by atoms with E-state index in [-0.39, 0.29) is 12.2 Å². The molecule has 3 rings (SSSR count). The highest BCUT2D eigenvalue weighted by atomic mass is 16.2. The monoisotopic (exact) mass is 433 g/mol. The first kappa shape index (κ1) is 24.8. The first-order chi connectivity index (χ1) is 15.5. The number of carbonyl (C=O) groups is 2. The SMILES string of the molecule is [B]C([B])([B])C([B])([B])n1nccc1C(=O)NCc1nc2ccc(CN(C)CCNC=O)cc2[nH]1. The predicted molar refractivity (Wildman–Crippen MR) is 129 cm³/mol. The standard InChI is InChI=1S/C19H20B5N7O2/c1-30(7-6-25-11-32)10-12-2-3-13-14(8-12)29-16(28-13)9-26-17(33)15-4-5-27-31(15)19(23,24)18(20,21)22/h2-5,8,11H,6-7,9-10H2,1H3,(H,25,32)(H,26,33)(H,28,29). The fourth-order valence-electron chi connectivity index (χ4n) is 3.20. The fourth-order valence-corrected chi connectivity index (χ4v) is 3.20. The lowest BCUT2D eigenvalue weighted by molar-refractivity contribution is -0.109. The topological polar surface area (TPSA) is 108 Å². The summed E-state index contributed by atoms with van der Waals surface area (Å²) in [5.41, 5.74) is 2.72. The van der Waals surface area contributed by atoms with E-state index in [1.807, 2.05) is 25.2 Å². The summed E-state index contributed by atoms with van der Waals surface area (Å²) in [6.07, 6.45) is 2.02. The van der Waals surface area contributed by atoms with Crippen molar-refractivity contribution < 1.29 is 9.59 Å². The molecule has 0 saturated heterocycles. The molecule has 3 aromatic rings. The summed E-state index contributed by atoms with van der Waals surface area (Å²) in [7, 11) is 30.7. The van der Waals surface area contributed by atoms with E-state index in [9.17, 15) is 9.59 Å². The molecule has 2 aromatic heterocycles. The van der Waals surface area contributed by atoms with Gasteiger partial charge in [-0.05, 0) is 36.1 Å². The van der Waals surface area contributed by atoms with Gasteiger partial charge in [0.25, 0.3) is 5.91 Å². The third-order valence-corrected chi connectivity index (χ3v) is 5.10. The molecule has 0 fully saturated rings. The molecule has 2 amide bonds. The molecule has 0 unspecified atom stereocenters. The number of fused-ring (bicyclic) bond motifs is 1. The summed E-state index contributed by atoms with van der Waals surface area (Å²) >= 11 is 0. The summed E-state index contributed by atoms with van der Waals surface area (Å²) in [5, 5.41) is 5.28. The van der Waals surface area contributed by atoms with Crippen LogP contribution in [0, 0.1) is 0 Å². The average molecular weight is 432 g/mol. The molecule has 0 atom stereocenters. The average Bonchev–Trinajstić information content (AvgIpc) is 3.38. The third-order valence-electron chi connectivity index (χ3n) is 5.10. The van der Waals surface area contributed by atoms with Crippen LogP contribution in [0.2, 0.25) is 5.11 Å². The number of amides is 2. The van der Waals surface area contributed by atoms with E-state index in [0.29, 0.717) is 25.3 Å². The highest BCUT2D eigenvalue weighted by molar-refractivity contribution is 6.66. The Morgan fingerprint density at radius 2 is 2.00 bits per heavy atom. The van der Waals surface area contributed by atoms with Crippen molar-refractivity contribution in [3.8, 4) is 0 Å². The van der Waals surface area contributed by atoms with Gasteiger partial charge in [-0.3, -0.25) is 14.3 Å². The van der Waals surface area contributed by atoms with Crippen LogP contribution in [0.15, 0.2) is 30.5 Å². The Morgan fingerprint density at radius 1 is 1.24 bits per heavy atom. The number of aromatic nitrogens is 4. The van der Waals surface area contributed by atoms with Crippen LogP contribution >= 0.6 is 0 Å². The number of carbonyl (C=O) groups excluding carboxylic acids is 2. The molecule has 0 aliphatic heterocycles. The van der Waals surface area contributed by atoms with Crippen LogP contribution in [0.1, 0.15) is 21.9 Å². The number of hydrogen-bond acceptors (Lipinski definition) is 5. The lowest BCUT2D eigenvalue weighted by Crippen LogP contribution is -2.50. The molecule has 33 heavy (non-hydrogen) atoms. The van der Waals surface area contributed by atoms with Crippen LogP contribution in [0.4, 0.5) is 0 Å². The fraction of sp³-hybridized carbons (Fsp3) is 0.368. The molecule has 9 nitrogen and oxygen atoms in total. The normalized spacial score (nSPS) is 12.2. The van der Waals surface area contributed by atoms with E-state index in [4.69, 9.17) is 39.2 Å². The third kappa shape index (κ3) is 5.74. The van der Waals surface area contributed by atoms with Crippen molar-refractivity contribution in [2.45, 2.75) is 23.5 Å². The van der Waals surface area contributed by atoms with Gasteiger partial charge in [0.2, 0.25) is 6.41 Å². The zero-order chi connectivity index (χ0) is 24.2. The number of H-pyrrole nitrogens is 1. The summed E-state index contributed by atoms with van der Waals surface area (Å²) in [4.78, 5) is 32.8. The predicted octanol–water partition coefficient (Wildman–Crippen LogP) is -1.61. The van der Waals surface area contributed by atoms with Gasteiger partial charge in [-0.2, -0.15) is 5.10 Å². The molecule has 0 aliphatic rings. The zero-order valence-electron chi connectivity index (χ0n) is 18.3. The van der Waals surface area contributed by atoms with Gasteiger partial charge in [-0.15, -0.1) is 5.11 Å². The van der Waals surface area contributed by atoms with Gasteiger partial charge in [0, 0.05) is 25.8 Å². The van der Waals surface area contributed by atoms with Gasteiger partial charge in [0.05, 0.1) is 56.8 Å².